The van der Waals surface area contributed by atoms with Crippen LogP contribution in [0.1, 0.15) is 0 Å². The fourth-order valence-corrected chi connectivity index (χ4v) is 0.305. The van der Waals surface area contributed by atoms with Crippen LogP contribution in [-0.4, -0.2) is 27.2 Å². The molecule has 0 aromatic rings. The molecular weight excluding hydrogens is 174 g/mol. The maximum Gasteiger partial charge on any atom is 0.438 e. The Morgan fingerprint density at radius 2 is 2.25 bits per heavy atom. The Hall–Kier alpha value is -2.26. The second kappa shape index (κ2) is 3.80. The van der Waals surface area contributed by atoms with E-state index < -0.39 is 22.1 Å². The van der Waals surface area contributed by atoms with Crippen molar-refractivity contribution >= 4 is 12.1 Å². The zero-order valence-corrected chi connectivity index (χ0v) is 5.42. The van der Waals surface area contributed by atoms with Crippen LogP contribution in [0.3, 0.4) is 0 Å². The summed E-state index contributed by atoms with van der Waals surface area (Å²) in [5.41, 5.74) is 1.13. The molecule has 0 saturated heterocycles. The molecule has 10 nitrogen and oxygen atoms in total. The Morgan fingerprint density at radius 1 is 1.75 bits per heavy atom. The van der Waals surface area contributed by atoms with Crippen LogP contribution in [0.4, 0.5) is 4.79 Å². The van der Waals surface area contributed by atoms with Crippen molar-refractivity contribution in [2.24, 2.45) is 5.29 Å². The van der Waals surface area contributed by atoms with Gasteiger partial charge in [-0.1, -0.05) is 10.4 Å². The van der Waals surface area contributed by atoms with Gasteiger partial charge in [0, 0.05) is 0 Å². The van der Waals surface area contributed by atoms with E-state index in [9.17, 15) is 19.8 Å². The summed E-state index contributed by atoms with van der Waals surface area (Å²) in [5.74, 6) is -1.25. The lowest BCUT2D eigenvalue weighted by molar-refractivity contribution is -0.526. The highest BCUT2D eigenvalue weighted by molar-refractivity contribution is 5.90. The number of nitrogens with one attached hydrogen (secondary N) is 2. The van der Waals surface area contributed by atoms with Crippen molar-refractivity contribution in [2.75, 3.05) is 0 Å². The van der Waals surface area contributed by atoms with Crippen LogP contribution in [0, 0.1) is 20.4 Å². The van der Waals surface area contributed by atoms with Crippen LogP contribution in [0.15, 0.2) is 5.29 Å². The molecule has 66 valence electrons. The molecule has 0 heterocycles. The van der Waals surface area contributed by atoms with E-state index in [0.29, 0.717) is 0 Å². The van der Waals surface area contributed by atoms with Crippen molar-refractivity contribution in [3.05, 3.63) is 15.0 Å². The molecule has 1 amide bonds. The lowest BCUT2D eigenvalue weighted by atomic mass is 10.9. The molecule has 0 spiro atoms. The Labute approximate surface area is 64.3 Å². The Bertz CT molecular complexity index is 236. The molecule has 0 aliphatic rings. The molecule has 10 heteroatoms. The predicted octanol–water partition coefficient (Wildman–Crippen LogP) is -0.636. The normalized spacial score (nSPS) is 8.33. The van der Waals surface area contributed by atoms with E-state index in [-0.39, 0.29) is 0 Å². The summed E-state index contributed by atoms with van der Waals surface area (Å²) in [6.07, 6.45) is -1.88. The minimum Gasteiger partial charge on any atom is -0.463 e. The minimum absolute atomic E-state index is 0.428. The first-order valence-electron chi connectivity index (χ1n) is 2.35. The summed E-state index contributed by atoms with van der Waals surface area (Å²) < 4.78 is 0. The van der Waals surface area contributed by atoms with Gasteiger partial charge in [0.1, 0.15) is 0 Å². The number of hydrogen-bond acceptors (Lipinski definition) is 6. The van der Waals surface area contributed by atoms with Gasteiger partial charge in [0.15, 0.2) is 5.03 Å². The van der Waals surface area contributed by atoms with Gasteiger partial charge in [-0.15, -0.1) is 4.91 Å². The average molecular weight is 177 g/mol. The monoisotopic (exact) mass is 177 g/mol. The lowest BCUT2D eigenvalue weighted by Gasteiger charge is -2.05. The third kappa shape index (κ3) is 2.55. The van der Waals surface area contributed by atoms with Crippen LogP contribution in [0.2, 0.25) is 0 Å². The first kappa shape index (κ1) is 9.74. The van der Waals surface area contributed by atoms with Crippen molar-refractivity contribution in [3.8, 4) is 0 Å². The number of hydrazine groups is 1. The summed E-state index contributed by atoms with van der Waals surface area (Å²) in [7, 11) is 0. The van der Waals surface area contributed by atoms with Gasteiger partial charge in [-0.3, -0.25) is 5.41 Å². The molecule has 0 bridgehead atoms. The largest absolute Gasteiger partial charge is 0.463 e. The number of hydrogen-bond donors (Lipinski definition) is 3. The quantitative estimate of drug-likeness (QED) is 0.168. The maximum absolute atomic E-state index is 9.98. The van der Waals surface area contributed by atoms with Gasteiger partial charge in [-0.25, -0.2) is 14.9 Å². The Balaban J connectivity index is 4.32. The maximum atomic E-state index is 9.98. The molecule has 0 atom stereocenters. The van der Waals surface area contributed by atoms with Crippen LogP contribution in [0.25, 0.3) is 0 Å². The molecule has 0 rings (SSSR count). The first-order chi connectivity index (χ1) is 5.49. The van der Waals surface area contributed by atoms with Crippen molar-refractivity contribution in [1.29, 1.82) is 5.41 Å². The van der Waals surface area contributed by atoms with Crippen LogP contribution in [0.5, 0.6) is 0 Å². The second-order valence-electron chi connectivity index (χ2n) is 1.39. The summed E-state index contributed by atoms with van der Waals surface area (Å²) in [6.45, 7) is 0. The van der Waals surface area contributed by atoms with E-state index in [1.807, 2.05) is 5.29 Å². The highest BCUT2D eigenvalue weighted by Gasteiger charge is 2.21. The van der Waals surface area contributed by atoms with Crippen LogP contribution < -0.4 is 5.43 Å². The van der Waals surface area contributed by atoms with Gasteiger partial charge in [0.05, 0.1) is 5.29 Å². The Morgan fingerprint density at radius 3 is 2.50 bits per heavy atom. The van der Waals surface area contributed by atoms with Crippen molar-refractivity contribution < 1.29 is 14.9 Å². The summed E-state index contributed by atoms with van der Waals surface area (Å²) in [4.78, 5) is 29.3. The zero-order valence-electron chi connectivity index (χ0n) is 5.42. The van der Waals surface area contributed by atoms with Gasteiger partial charge in [-0.05, 0) is 0 Å². The highest BCUT2D eigenvalue weighted by atomic mass is 16.7. The molecule has 0 aromatic heterocycles. The third-order valence-electron chi connectivity index (χ3n) is 0.672. The Kier molecular flexibility index (Phi) is 3.08. The average Bonchev–Trinajstić information content (AvgIpc) is 1.85. The second-order valence-corrected chi connectivity index (χ2v) is 1.39. The highest BCUT2D eigenvalue weighted by Crippen LogP contribution is 1.88. The number of guanidine groups is 1. The molecule has 0 fully saturated rings. The minimum atomic E-state index is -1.88. The molecule has 0 saturated carbocycles. The zero-order chi connectivity index (χ0) is 9.72. The fraction of sp³-hybridized carbons (Fsp3) is 0. The van der Waals surface area contributed by atoms with E-state index in [1.165, 1.54) is 0 Å². The molecule has 0 aliphatic carbocycles. The number of nitro groups is 1. The molecule has 0 radical (unpaired) electrons. The molecule has 3 N–H and O–H groups in total. The lowest BCUT2D eigenvalue weighted by Crippen LogP contribution is -2.42. The molecule has 0 aromatic carbocycles. The van der Waals surface area contributed by atoms with Crippen molar-refractivity contribution in [1.82, 2.24) is 10.4 Å². The topological polar surface area (TPSA) is 149 Å². The number of nitroso groups, excluding NO2 is 1. The molecule has 12 heavy (non-hydrogen) atoms. The number of nitrogens with zero attached hydrogens (tertiary/aromatic N) is 3. The third-order valence-corrected chi connectivity index (χ3v) is 0.672. The molecular formula is C2H3N5O5. The number of carbonyl (C=O) groups is 1. The van der Waals surface area contributed by atoms with Gasteiger partial charge in [0.25, 0.3) is 5.96 Å². The van der Waals surface area contributed by atoms with Crippen molar-refractivity contribution in [3.63, 3.8) is 0 Å². The number of rotatable bonds is 2. The smallest absolute Gasteiger partial charge is 0.438 e. The van der Waals surface area contributed by atoms with E-state index in [1.54, 1.807) is 0 Å². The number of carboxylic acid groups (broad SMARTS) is 1. The van der Waals surface area contributed by atoms with Crippen LogP contribution in [-0.2, 0) is 0 Å². The molecule has 0 unspecified atom stereocenters. The molecule has 0 aliphatic heterocycles. The van der Waals surface area contributed by atoms with Gasteiger partial charge < -0.3 is 5.11 Å². The predicted molar refractivity (Wildman–Crippen MR) is 33.5 cm³/mol. The van der Waals surface area contributed by atoms with E-state index in [0.717, 1.165) is 5.43 Å². The van der Waals surface area contributed by atoms with Gasteiger partial charge >= 0.3 is 6.09 Å². The first-order valence-corrected chi connectivity index (χ1v) is 2.35. The van der Waals surface area contributed by atoms with Crippen LogP contribution >= 0.6 is 0 Å². The summed E-state index contributed by atoms with van der Waals surface area (Å²) >= 11 is 0. The summed E-state index contributed by atoms with van der Waals surface area (Å²) in [5, 5.41) is 24.5. The summed E-state index contributed by atoms with van der Waals surface area (Å²) in [6, 6.07) is 0. The van der Waals surface area contributed by atoms with E-state index >= 15 is 0 Å². The SMILES string of the molecule is N=C(N[N+](=O)[O-])N(N=O)C(=O)O. The van der Waals surface area contributed by atoms with E-state index in [2.05, 4.69) is 0 Å². The fourth-order valence-electron chi connectivity index (χ4n) is 0.305. The standard InChI is InChI=1S/C2H3N5O5/c3-1(4-7(11)12)6(5-10)2(8)9/h(H2,3,4)(H,8,9). The van der Waals surface area contributed by atoms with Gasteiger partial charge in [0.2, 0.25) is 0 Å². The van der Waals surface area contributed by atoms with E-state index in [4.69, 9.17) is 10.5 Å². The number of amides is 1. The van der Waals surface area contributed by atoms with Gasteiger partial charge in [-0.2, -0.15) is 0 Å². The van der Waals surface area contributed by atoms with Crippen molar-refractivity contribution in [2.45, 2.75) is 0 Å².